The van der Waals surface area contributed by atoms with Crippen molar-refractivity contribution >= 4 is 13.7 Å². The number of esters is 1. The molecule has 0 aliphatic carbocycles. The SMILES string of the molecule is C#C[C@]1(C)[C@H](O)[C@@H](COP(=O)(N[C@@H](C)C(=O)OCC(C)C)Oc2ccccc2)O[C@H]1n1ccc(=O)[nH]c1=O. The van der Waals surface area contributed by atoms with E-state index in [2.05, 4.69) is 16.0 Å². The highest BCUT2D eigenvalue weighted by atomic mass is 31.2. The molecule has 0 spiro atoms. The number of hydrogen-bond acceptors (Lipinski definition) is 9. The third-order valence-corrected chi connectivity index (χ3v) is 7.48. The van der Waals surface area contributed by atoms with Crippen molar-refractivity contribution in [2.24, 2.45) is 11.3 Å². The van der Waals surface area contributed by atoms with Crippen molar-refractivity contribution < 1.29 is 33.0 Å². The Labute approximate surface area is 219 Å². The number of para-hydroxylation sites is 1. The molecule has 6 atom stereocenters. The second kappa shape index (κ2) is 12.1. The average Bonchev–Trinajstić information content (AvgIpc) is 3.12. The Morgan fingerprint density at radius 3 is 2.58 bits per heavy atom. The van der Waals surface area contributed by atoms with Gasteiger partial charge in [-0.3, -0.25) is 23.7 Å². The number of hydrogen-bond donors (Lipinski definition) is 3. The van der Waals surface area contributed by atoms with E-state index in [-0.39, 0.29) is 18.3 Å². The molecule has 1 fully saturated rings. The van der Waals surface area contributed by atoms with E-state index in [0.29, 0.717) is 0 Å². The fraction of sp³-hybridized carbons (Fsp3) is 0.480. The van der Waals surface area contributed by atoms with E-state index in [1.54, 1.807) is 30.3 Å². The number of aliphatic hydroxyl groups excluding tert-OH is 1. The number of H-pyrrole nitrogens is 1. The second-order valence-corrected chi connectivity index (χ2v) is 11.2. The minimum atomic E-state index is -4.25. The van der Waals surface area contributed by atoms with Gasteiger partial charge in [-0.05, 0) is 31.9 Å². The molecule has 13 heteroatoms. The van der Waals surface area contributed by atoms with E-state index in [1.165, 1.54) is 20.0 Å². The Morgan fingerprint density at radius 1 is 1.29 bits per heavy atom. The molecule has 1 aliphatic rings. The van der Waals surface area contributed by atoms with Crippen LogP contribution < -0.4 is 20.9 Å². The normalized spacial score (nSPS) is 25.3. The Hall–Kier alpha value is -3.20. The monoisotopic (exact) mass is 549 g/mol. The quantitative estimate of drug-likeness (QED) is 0.214. The summed E-state index contributed by atoms with van der Waals surface area (Å²) >= 11 is 0. The zero-order chi connectivity index (χ0) is 28.1. The molecule has 38 heavy (non-hydrogen) atoms. The number of carbonyl (C=O) groups excluding carboxylic acids is 1. The first-order valence-electron chi connectivity index (χ1n) is 11.9. The maximum atomic E-state index is 13.7. The number of aromatic amines is 1. The van der Waals surface area contributed by atoms with Crippen LogP contribution in [-0.4, -0.2) is 52.1 Å². The molecular formula is C25H32N3O9P. The maximum absolute atomic E-state index is 13.7. The number of benzene rings is 1. The van der Waals surface area contributed by atoms with Crippen molar-refractivity contribution in [1.29, 1.82) is 0 Å². The summed E-state index contributed by atoms with van der Waals surface area (Å²) in [5, 5.41) is 13.6. The average molecular weight is 550 g/mol. The van der Waals surface area contributed by atoms with Gasteiger partial charge in [0.05, 0.1) is 13.2 Å². The molecule has 1 aliphatic heterocycles. The molecule has 0 bridgehead atoms. The van der Waals surface area contributed by atoms with Gasteiger partial charge in [-0.25, -0.2) is 9.36 Å². The lowest BCUT2D eigenvalue weighted by atomic mass is 9.83. The molecule has 3 N–H and O–H groups in total. The van der Waals surface area contributed by atoms with Gasteiger partial charge in [-0.1, -0.05) is 38.0 Å². The lowest BCUT2D eigenvalue weighted by Crippen LogP contribution is -2.41. The van der Waals surface area contributed by atoms with E-state index in [1.807, 2.05) is 13.8 Å². The smallest absolute Gasteiger partial charge is 0.459 e. The summed E-state index contributed by atoms with van der Waals surface area (Å²) in [5.74, 6) is 2.10. The largest absolute Gasteiger partial charge is 0.464 e. The summed E-state index contributed by atoms with van der Waals surface area (Å²) in [7, 11) is -4.25. The van der Waals surface area contributed by atoms with Gasteiger partial charge in [0.2, 0.25) is 0 Å². The summed E-state index contributed by atoms with van der Waals surface area (Å²) in [5.41, 5.74) is -2.81. The number of nitrogens with one attached hydrogen (secondary N) is 2. The van der Waals surface area contributed by atoms with Crippen molar-refractivity contribution in [3.8, 4) is 18.1 Å². The van der Waals surface area contributed by atoms with Crippen LogP contribution in [0.15, 0.2) is 52.2 Å². The third kappa shape index (κ3) is 6.81. The van der Waals surface area contributed by atoms with Gasteiger partial charge in [0.1, 0.15) is 29.4 Å². The highest BCUT2D eigenvalue weighted by molar-refractivity contribution is 7.52. The summed E-state index contributed by atoms with van der Waals surface area (Å²) in [6.07, 6.45) is 3.21. The van der Waals surface area contributed by atoms with Crippen molar-refractivity contribution in [2.45, 2.75) is 52.2 Å². The molecule has 0 saturated carbocycles. The molecule has 206 valence electrons. The number of rotatable bonds is 11. The molecule has 1 aromatic carbocycles. The number of aliphatic hydroxyl groups is 1. The Balaban J connectivity index is 1.82. The highest BCUT2D eigenvalue weighted by Crippen LogP contribution is 2.48. The fourth-order valence-corrected chi connectivity index (χ4v) is 5.21. The molecule has 2 aromatic rings. The van der Waals surface area contributed by atoms with Crippen molar-refractivity contribution in [2.75, 3.05) is 13.2 Å². The first-order chi connectivity index (χ1) is 17.9. The van der Waals surface area contributed by atoms with Crippen molar-refractivity contribution in [3.05, 3.63) is 63.4 Å². The molecule has 12 nitrogen and oxygen atoms in total. The van der Waals surface area contributed by atoms with Crippen molar-refractivity contribution in [3.63, 3.8) is 0 Å². The van der Waals surface area contributed by atoms with E-state index >= 15 is 0 Å². The highest BCUT2D eigenvalue weighted by Gasteiger charge is 2.54. The number of aromatic nitrogens is 2. The van der Waals surface area contributed by atoms with E-state index in [4.69, 9.17) is 24.9 Å². The van der Waals surface area contributed by atoms with Crippen LogP contribution >= 0.6 is 7.75 Å². The number of carbonyl (C=O) groups is 1. The second-order valence-electron chi connectivity index (χ2n) is 9.49. The molecule has 0 radical (unpaired) electrons. The number of terminal acetylenes is 1. The summed E-state index contributed by atoms with van der Waals surface area (Å²) in [6.45, 7) is 6.39. The lowest BCUT2D eigenvalue weighted by Gasteiger charge is -2.27. The van der Waals surface area contributed by atoms with Crippen molar-refractivity contribution in [1.82, 2.24) is 14.6 Å². The topological polar surface area (TPSA) is 158 Å². The summed E-state index contributed by atoms with van der Waals surface area (Å²) in [6, 6.07) is 8.21. The Morgan fingerprint density at radius 2 is 1.97 bits per heavy atom. The first-order valence-corrected chi connectivity index (χ1v) is 13.5. The summed E-state index contributed by atoms with van der Waals surface area (Å²) < 4.78 is 37.1. The Kier molecular flexibility index (Phi) is 9.35. The molecule has 1 aromatic heterocycles. The molecule has 3 rings (SSSR count). The van der Waals surface area contributed by atoms with Crippen LogP contribution in [0.5, 0.6) is 5.75 Å². The lowest BCUT2D eigenvalue weighted by molar-refractivity contribution is -0.146. The van der Waals surface area contributed by atoms with Crippen LogP contribution in [0.4, 0.5) is 0 Å². The molecular weight excluding hydrogens is 517 g/mol. The van der Waals surface area contributed by atoms with Crippen LogP contribution in [0.1, 0.15) is 33.9 Å². The minimum absolute atomic E-state index is 0.101. The van der Waals surface area contributed by atoms with E-state index in [9.17, 15) is 24.1 Å². The van der Waals surface area contributed by atoms with Crippen LogP contribution in [0.3, 0.4) is 0 Å². The standard InChI is InChI=1S/C25H32N3O9P/c1-6-25(5)21(30)19(36-23(25)28-13-12-20(29)26-24(28)32)15-35-38(33,37-18-10-8-7-9-11-18)27-17(4)22(31)34-14-16(2)3/h1,7-13,16-17,19,21,23,30H,14-15H2,2-5H3,(H,27,33)(H,26,29,32)/t17-,19+,21+,23+,25+,38?/m0/s1. The number of nitrogens with zero attached hydrogens (tertiary/aromatic N) is 1. The maximum Gasteiger partial charge on any atom is 0.459 e. The van der Waals surface area contributed by atoms with Gasteiger partial charge in [-0.15, -0.1) is 6.42 Å². The molecule has 1 unspecified atom stereocenters. The number of ether oxygens (including phenoxy) is 2. The van der Waals surface area contributed by atoms with Gasteiger partial charge in [0.25, 0.3) is 5.56 Å². The van der Waals surface area contributed by atoms with Gasteiger partial charge in [-0.2, -0.15) is 5.09 Å². The van der Waals surface area contributed by atoms with Crippen LogP contribution in [0.25, 0.3) is 0 Å². The zero-order valence-electron chi connectivity index (χ0n) is 21.5. The first kappa shape index (κ1) is 29.4. The van der Waals surface area contributed by atoms with E-state index in [0.717, 1.165) is 10.6 Å². The minimum Gasteiger partial charge on any atom is -0.464 e. The van der Waals surface area contributed by atoms with Gasteiger partial charge in [0.15, 0.2) is 6.23 Å². The molecule has 1 saturated heterocycles. The van der Waals surface area contributed by atoms with E-state index < -0.39 is 61.5 Å². The third-order valence-electron chi connectivity index (χ3n) is 5.84. The zero-order valence-corrected chi connectivity index (χ0v) is 22.4. The fourth-order valence-electron chi connectivity index (χ4n) is 3.71. The predicted octanol–water partition coefficient (Wildman–Crippen LogP) is 1.82. The molecule has 0 amide bonds. The van der Waals surface area contributed by atoms with Gasteiger partial charge in [0, 0.05) is 12.3 Å². The predicted molar refractivity (Wildman–Crippen MR) is 137 cm³/mol. The van der Waals surface area contributed by atoms with Gasteiger partial charge >= 0.3 is 19.4 Å². The van der Waals surface area contributed by atoms with Crippen LogP contribution in [-0.2, 0) is 23.4 Å². The summed E-state index contributed by atoms with van der Waals surface area (Å²) in [4.78, 5) is 38.4. The van der Waals surface area contributed by atoms with Gasteiger partial charge < -0.3 is 19.1 Å². The molecule has 2 heterocycles. The van der Waals surface area contributed by atoms with Crippen LogP contribution in [0, 0.1) is 23.7 Å². The van der Waals surface area contributed by atoms with Crippen LogP contribution in [0.2, 0.25) is 0 Å². The Bertz CT molecular complexity index is 1320.